The van der Waals surface area contributed by atoms with Crippen LogP contribution in [0, 0.1) is 0 Å². The third-order valence-electron chi connectivity index (χ3n) is 3.26. The summed E-state index contributed by atoms with van der Waals surface area (Å²) in [4.78, 5) is 0.163. The molecule has 0 aliphatic carbocycles. The molecule has 0 amide bonds. The zero-order chi connectivity index (χ0) is 16.1. The summed E-state index contributed by atoms with van der Waals surface area (Å²) >= 11 is 0. The molecule has 2 N–H and O–H groups in total. The van der Waals surface area contributed by atoms with Crippen LogP contribution >= 0.6 is 0 Å². The Balaban J connectivity index is 2.93. The first-order valence-corrected chi connectivity index (χ1v) is 8.60. The standard InChI is InChI=1S/C15H25NO4S/c1-5-12-7-8-14(9-13(12)10-17)21(18,19)16-11-15(3,4)20-6-2/h7-9,16-17H,5-6,10-11H2,1-4H3. The lowest BCUT2D eigenvalue weighted by molar-refractivity contribution is -0.00515. The number of benzene rings is 1. The minimum atomic E-state index is -3.61. The number of rotatable bonds is 8. The fraction of sp³-hybridized carbons (Fsp3) is 0.600. The van der Waals surface area contributed by atoms with Crippen molar-refractivity contribution in [1.82, 2.24) is 4.72 Å². The number of aliphatic hydroxyl groups is 1. The van der Waals surface area contributed by atoms with Gasteiger partial charge in [-0.05, 0) is 50.5 Å². The van der Waals surface area contributed by atoms with Crippen LogP contribution in [0.1, 0.15) is 38.8 Å². The van der Waals surface area contributed by atoms with Gasteiger partial charge in [-0.2, -0.15) is 0 Å². The summed E-state index contributed by atoms with van der Waals surface area (Å²) in [6.07, 6.45) is 0.751. The van der Waals surface area contributed by atoms with Crippen LogP contribution in [-0.2, 0) is 27.8 Å². The predicted molar refractivity (Wildman–Crippen MR) is 82.6 cm³/mol. The van der Waals surface area contributed by atoms with Gasteiger partial charge in [-0.3, -0.25) is 0 Å². The molecule has 1 aromatic rings. The highest BCUT2D eigenvalue weighted by Crippen LogP contribution is 2.18. The van der Waals surface area contributed by atoms with E-state index >= 15 is 0 Å². The van der Waals surface area contributed by atoms with Gasteiger partial charge in [0.25, 0.3) is 0 Å². The van der Waals surface area contributed by atoms with Crippen LogP contribution in [0.5, 0.6) is 0 Å². The third kappa shape index (κ3) is 5.07. The molecule has 0 fully saturated rings. The molecule has 0 saturated carbocycles. The number of ether oxygens (including phenoxy) is 1. The van der Waals surface area contributed by atoms with E-state index in [1.165, 1.54) is 6.07 Å². The molecule has 0 spiro atoms. The second-order valence-electron chi connectivity index (χ2n) is 5.46. The summed E-state index contributed by atoms with van der Waals surface area (Å²) in [5, 5.41) is 9.33. The van der Waals surface area contributed by atoms with E-state index in [9.17, 15) is 13.5 Å². The molecule has 0 radical (unpaired) electrons. The Morgan fingerprint density at radius 2 is 1.90 bits per heavy atom. The van der Waals surface area contributed by atoms with E-state index in [1.807, 2.05) is 27.7 Å². The van der Waals surface area contributed by atoms with E-state index in [2.05, 4.69) is 4.72 Å². The van der Waals surface area contributed by atoms with Crippen LogP contribution < -0.4 is 4.72 Å². The van der Waals surface area contributed by atoms with Gasteiger partial charge in [0.1, 0.15) is 0 Å². The number of hydrogen-bond acceptors (Lipinski definition) is 4. The maximum absolute atomic E-state index is 12.3. The average molecular weight is 315 g/mol. The first-order valence-electron chi connectivity index (χ1n) is 7.12. The van der Waals surface area contributed by atoms with E-state index in [0.29, 0.717) is 12.2 Å². The minimum Gasteiger partial charge on any atom is -0.392 e. The van der Waals surface area contributed by atoms with Crippen LogP contribution in [0.4, 0.5) is 0 Å². The van der Waals surface area contributed by atoms with E-state index in [0.717, 1.165) is 12.0 Å². The fourth-order valence-corrected chi connectivity index (χ4v) is 3.30. The Bertz CT molecular complexity index is 567. The molecule has 21 heavy (non-hydrogen) atoms. The zero-order valence-electron chi connectivity index (χ0n) is 13.1. The summed E-state index contributed by atoms with van der Waals surface area (Å²) < 4.78 is 32.6. The van der Waals surface area contributed by atoms with Crippen LogP contribution in [0.3, 0.4) is 0 Å². The molecule has 0 aliphatic heterocycles. The van der Waals surface area contributed by atoms with Crippen molar-refractivity contribution >= 4 is 10.0 Å². The first-order chi connectivity index (χ1) is 9.75. The van der Waals surface area contributed by atoms with Gasteiger partial charge in [-0.1, -0.05) is 13.0 Å². The summed E-state index contributed by atoms with van der Waals surface area (Å²) in [5.74, 6) is 0. The molecule has 0 saturated heterocycles. The Morgan fingerprint density at radius 1 is 1.24 bits per heavy atom. The van der Waals surface area contributed by atoms with Crippen molar-refractivity contribution in [3.05, 3.63) is 29.3 Å². The predicted octanol–water partition coefficient (Wildman–Crippen LogP) is 1.83. The van der Waals surface area contributed by atoms with Gasteiger partial charge in [0.2, 0.25) is 10.0 Å². The highest BCUT2D eigenvalue weighted by atomic mass is 32.2. The summed E-state index contributed by atoms with van der Waals surface area (Å²) in [6.45, 7) is 8.04. The molecule has 0 aliphatic rings. The van der Waals surface area contributed by atoms with E-state index < -0.39 is 15.6 Å². The normalized spacial score (nSPS) is 12.6. The lowest BCUT2D eigenvalue weighted by Gasteiger charge is -2.24. The highest BCUT2D eigenvalue weighted by molar-refractivity contribution is 7.89. The molecule has 1 aromatic carbocycles. The van der Waals surface area contributed by atoms with Gasteiger partial charge in [0.05, 0.1) is 17.1 Å². The van der Waals surface area contributed by atoms with Crippen LogP contribution in [-0.4, -0.2) is 32.3 Å². The second-order valence-corrected chi connectivity index (χ2v) is 7.23. The van der Waals surface area contributed by atoms with E-state index in [1.54, 1.807) is 12.1 Å². The van der Waals surface area contributed by atoms with Gasteiger partial charge in [0.15, 0.2) is 0 Å². The maximum Gasteiger partial charge on any atom is 0.240 e. The highest BCUT2D eigenvalue weighted by Gasteiger charge is 2.22. The average Bonchev–Trinajstić information content (AvgIpc) is 2.44. The summed E-state index contributed by atoms with van der Waals surface area (Å²) in [7, 11) is -3.61. The summed E-state index contributed by atoms with van der Waals surface area (Å²) in [6, 6.07) is 4.83. The maximum atomic E-state index is 12.3. The SMILES string of the molecule is CCOC(C)(C)CNS(=O)(=O)c1ccc(CC)c(CO)c1. The van der Waals surface area contributed by atoms with Crippen molar-refractivity contribution in [2.24, 2.45) is 0 Å². The molecule has 6 heteroatoms. The lowest BCUT2D eigenvalue weighted by Crippen LogP contribution is -2.40. The molecule has 0 atom stereocenters. The van der Waals surface area contributed by atoms with Gasteiger partial charge < -0.3 is 9.84 Å². The number of nitrogens with one attached hydrogen (secondary N) is 1. The van der Waals surface area contributed by atoms with Gasteiger partial charge in [-0.25, -0.2) is 13.1 Å². The van der Waals surface area contributed by atoms with Crippen LogP contribution in [0.25, 0.3) is 0 Å². The lowest BCUT2D eigenvalue weighted by atomic mass is 10.1. The number of hydrogen-bond donors (Lipinski definition) is 2. The van der Waals surface area contributed by atoms with Gasteiger partial charge in [0, 0.05) is 13.2 Å². The molecule has 1 rings (SSSR count). The Labute approximate surface area is 127 Å². The quantitative estimate of drug-likeness (QED) is 0.767. The van der Waals surface area contributed by atoms with Crippen molar-refractivity contribution in [3.63, 3.8) is 0 Å². The Morgan fingerprint density at radius 3 is 2.43 bits per heavy atom. The second kappa shape index (κ2) is 7.35. The van der Waals surface area contributed by atoms with Crippen molar-refractivity contribution in [2.75, 3.05) is 13.2 Å². The smallest absolute Gasteiger partial charge is 0.240 e. The third-order valence-corrected chi connectivity index (χ3v) is 4.66. The molecule has 0 unspecified atom stereocenters. The fourth-order valence-electron chi connectivity index (χ4n) is 2.06. The van der Waals surface area contributed by atoms with Gasteiger partial charge >= 0.3 is 0 Å². The van der Waals surface area contributed by atoms with Crippen molar-refractivity contribution in [2.45, 2.75) is 51.2 Å². The molecular formula is C15H25NO4S. The Kier molecular flexibility index (Phi) is 6.34. The van der Waals surface area contributed by atoms with Gasteiger partial charge in [-0.15, -0.1) is 0 Å². The first kappa shape index (κ1) is 18.1. The topological polar surface area (TPSA) is 75.6 Å². The minimum absolute atomic E-state index is 0.163. The molecule has 0 aromatic heterocycles. The molecule has 5 nitrogen and oxygen atoms in total. The zero-order valence-corrected chi connectivity index (χ0v) is 14.0. The molecule has 0 bridgehead atoms. The largest absolute Gasteiger partial charge is 0.392 e. The van der Waals surface area contributed by atoms with E-state index in [4.69, 9.17) is 4.74 Å². The summed E-state index contributed by atoms with van der Waals surface area (Å²) in [5.41, 5.74) is 1.03. The molecule has 0 heterocycles. The monoisotopic (exact) mass is 315 g/mol. The van der Waals surface area contributed by atoms with Crippen molar-refractivity contribution in [3.8, 4) is 0 Å². The van der Waals surface area contributed by atoms with Crippen molar-refractivity contribution < 1.29 is 18.3 Å². The van der Waals surface area contributed by atoms with E-state index in [-0.39, 0.29) is 18.0 Å². The molecule has 120 valence electrons. The Hall–Kier alpha value is -0.950. The number of aliphatic hydroxyl groups excluding tert-OH is 1. The number of aryl methyl sites for hydroxylation is 1. The van der Waals surface area contributed by atoms with Crippen LogP contribution in [0.15, 0.2) is 23.1 Å². The molecular weight excluding hydrogens is 290 g/mol. The van der Waals surface area contributed by atoms with Crippen molar-refractivity contribution in [1.29, 1.82) is 0 Å². The van der Waals surface area contributed by atoms with Crippen LogP contribution in [0.2, 0.25) is 0 Å². The number of sulfonamides is 1.